The molecule has 2 N–H and O–H groups in total. The quantitative estimate of drug-likeness (QED) is 0.805. The highest BCUT2D eigenvalue weighted by Gasteiger charge is 2.10. The molecule has 2 rings (SSSR count). The van der Waals surface area contributed by atoms with Gasteiger partial charge in [-0.15, -0.1) is 11.6 Å². The second-order valence-corrected chi connectivity index (χ2v) is 6.75. The zero-order chi connectivity index (χ0) is 13.9. The molecule has 0 atom stereocenters. The minimum Gasteiger partial charge on any atom is -0.361 e. The minimum atomic E-state index is -3.24. The molecule has 0 saturated heterocycles. The van der Waals surface area contributed by atoms with Crippen molar-refractivity contribution in [3.05, 3.63) is 35.5 Å². The van der Waals surface area contributed by atoms with Gasteiger partial charge in [0, 0.05) is 23.0 Å². The van der Waals surface area contributed by atoms with Crippen LogP contribution in [-0.4, -0.2) is 26.3 Å². The number of aryl methyl sites for hydroxylation is 1. The third-order valence-electron chi connectivity index (χ3n) is 3.08. The van der Waals surface area contributed by atoms with Crippen LogP contribution < -0.4 is 4.72 Å². The van der Waals surface area contributed by atoms with Gasteiger partial charge in [0.05, 0.1) is 5.75 Å². The summed E-state index contributed by atoms with van der Waals surface area (Å²) in [5.74, 6) is 0.625. The normalized spacial score (nSPS) is 12.1. The number of H-pyrrole nitrogens is 1. The molecule has 0 radical (unpaired) electrons. The zero-order valence-electron chi connectivity index (χ0n) is 10.7. The van der Waals surface area contributed by atoms with Crippen molar-refractivity contribution in [2.75, 3.05) is 12.9 Å². The van der Waals surface area contributed by atoms with Crippen molar-refractivity contribution in [3.63, 3.8) is 0 Å². The van der Waals surface area contributed by atoms with Crippen LogP contribution in [0.3, 0.4) is 0 Å². The first-order valence-corrected chi connectivity index (χ1v) is 8.30. The van der Waals surface area contributed by atoms with Gasteiger partial charge in [0.2, 0.25) is 10.0 Å². The first kappa shape index (κ1) is 14.4. The summed E-state index contributed by atoms with van der Waals surface area (Å²) in [6.45, 7) is 0. The Bertz CT molecular complexity index is 664. The summed E-state index contributed by atoms with van der Waals surface area (Å²) in [5, 5.41) is 1.08. The van der Waals surface area contributed by atoms with E-state index in [-0.39, 0.29) is 5.75 Å². The van der Waals surface area contributed by atoms with E-state index in [4.69, 9.17) is 11.6 Å². The molecule has 0 aliphatic carbocycles. The van der Waals surface area contributed by atoms with Crippen molar-refractivity contribution in [2.45, 2.75) is 18.6 Å². The van der Waals surface area contributed by atoms with Crippen LogP contribution in [-0.2, 0) is 22.2 Å². The molecule has 0 spiro atoms. The van der Waals surface area contributed by atoms with Crippen LogP contribution in [0, 0.1) is 0 Å². The predicted octanol–water partition coefficient (Wildman–Crippen LogP) is 2.39. The molecule has 1 aromatic heterocycles. The average molecular weight is 301 g/mol. The molecule has 104 valence electrons. The number of sulfonamides is 1. The maximum Gasteiger partial charge on any atom is 0.215 e. The van der Waals surface area contributed by atoms with Crippen molar-refractivity contribution in [2.24, 2.45) is 0 Å². The van der Waals surface area contributed by atoms with Crippen LogP contribution in [0.5, 0.6) is 0 Å². The largest absolute Gasteiger partial charge is 0.361 e. The topological polar surface area (TPSA) is 62.0 Å². The summed E-state index contributed by atoms with van der Waals surface area (Å²) in [6, 6.07) is 5.68. The summed E-state index contributed by atoms with van der Waals surface area (Å²) in [5.41, 5.74) is 2.99. The number of fused-ring (bicyclic) bond motifs is 1. The second-order valence-electron chi connectivity index (χ2n) is 4.45. The van der Waals surface area contributed by atoms with Crippen LogP contribution >= 0.6 is 11.6 Å². The summed E-state index contributed by atoms with van der Waals surface area (Å²) in [7, 11) is -1.81. The Kier molecular flexibility index (Phi) is 4.50. The van der Waals surface area contributed by atoms with Crippen molar-refractivity contribution in [3.8, 4) is 0 Å². The minimum absolute atomic E-state index is 0.000430. The van der Waals surface area contributed by atoms with E-state index < -0.39 is 10.0 Å². The highest BCUT2D eigenvalue weighted by atomic mass is 35.5. The third kappa shape index (κ3) is 3.49. The molecule has 0 bridgehead atoms. The van der Waals surface area contributed by atoms with Gasteiger partial charge in [-0.2, -0.15) is 0 Å². The van der Waals surface area contributed by atoms with Crippen LogP contribution in [0.4, 0.5) is 0 Å². The van der Waals surface area contributed by atoms with E-state index in [1.165, 1.54) is 12.6 Å². The molecule has 1 aromatic carbocycles. The molecule has 1 heterocycles. The fourth-order valence-electron chi connectivity index (χ4n) is 2.07. The third-order valence-corrected chi connectivity index (χ3v) is 4.68. The first-order chi connectivity index (χ1) is 9.05. The van der Waals surface area contributed by atoms with Crippen LogP contribution in [0.25, 0.3) is 10.9 Å². The van der Waals surface area contributed by atoms with Gasteiger partial charge < -0.3 is 4.98 Å². The molecule has 0 unspecified atom stereocenters. The maximum atomic E-state index is 11.6. The molecule has 0 amide bonds. The summed E-state index contributed by atoms with van der Waals surface area (Å²) in [4.78, 5) is 3.19. The monoisotopic (exact) mass is 300 g/mol. The number of alkyl halides is 1. The van der Waals surface area contributed by atoms with E-state index in [0.717, 1.165) is 29.3 Å². The molecular weight excluding hydrogens is 284 g/mol. The van der Waals surface area contributed by atoms with Crippen molar-refractivity contribution in [1.82, 2.24) is 9.71 Å². The van der Waals surface area contributed by atoms with Crippen LogP contribution in [0.2, 0.25) is 0 Å². The van der Waals surface area contributed by atoms with Gasteiger partial charge in [-0.1, -0.05) is 6.07 Å². The number of aromatic nitrogens is 1. The maximum absolute atomic E-state index is 11.6. The van der Waals surface area contributed by atoms with Crippen molar-refractivity contribution < 1.29 is 8.42 Å². The average Bonchev–Trinajstić information content (AvgIpc) is 2.78. The first-order valence-electron chi connectivity index (χ1n) is 6.12. The molecule has 0 aliphatic rings. The van der Waals surface area contributed by atoms with Crippen LogP contribution in [0.1, 0.15) is 17.5 Å². The number of hydrogen-bond acceptors (Lipinski definition) is 2. The molecule has 19 heavy (non-hydrogen) atoms. The molecule has 0 saturated carbocycles. The Morgan fingerprint density at radius 2 is 2.16 bits per heavy atom. The Hall–Kier alpha value is -1.04. The van der Waals surface area contributed by atoms with Gasteiger partial charge in [-0.05, 0) is 43.1 Å². The van der Waals surface area contributed by atoms with E-state index >= 15 is 0 Å². The van der Waals surface area contributed by atoms with E-state index in [9.17, 15) is 8.42 Å². The molecule has 0 aliphatic heterocycles. The lowest BCUT2D eigenvalue weighted by Crippen LogP contribution is -2.20. The van der Waals surface area contributed by atoms with Gasteiger partial charge in [-0.3, -0.25) is 0 Å². The van der Waals surface area contributed by atoms with Gasteiger partial charge in [0.1, 0.15) is 0 Å². The summed E-state index contributed by atoms with van der Waals surface area (Å²) >= 11 is 5.71. The number of benzene rings is 1. The molecule has 2 aromatic rings. The lowest BCUT2D eigenvalue weighted by atomic mass is 10.1. The number of halogens is 1. The standard InChI is InChI=1S/C13H17ClN2O2S/c1-15-19(17,18)9-10-4-5-13-12(7-10)11(8-16-13)3-2-6-14/h4-5,7-8,15-16H,2-3,6,9H2,1H3. The molecule has 4 nitrogen and oxygen atoms in total. The Balaban J connectivity index is 2.33. The fourth-order valence-corrected chi connectivity index (χ4v) is 2.97. The van der Waals surface area contributed by atoms with Crippen molar-refractivity contribution >= 4 is 32.5 Å². The Morgan fingerprint density at radius 3 is 2.84 bits per heavy atom. The van der Waals surface area contributed by atoms with Gasteiger partial charge >= 0.3 is 0 Å². The highest BCUT2D eigenvalue weighted by molar-refractivity contribution is 7.88. The van der Waals surface area contributed by atoms with Gasteiger partial charge in [-0.25, -0.2) is 13.1 Å². The number of nitrogens with one attached hydrogen (secondary N) is 2. The summed E-state index contributed by atoms with van der Waals surface area (Å²) in [6.07, 6.45) is 3.77. The van der Waals surface area contributed by atoms with E-state index in [1.54, 1.807) is 0 Å². The van der Waals surface area contributed by atoms with Crippen molar-refractivity contribution in [1.29, 1.82) is 0 Å². The van der Waals surface area contributed by atoms with Crippen LogP contribution in [0.15, 0.2) is 24.4 Å². The lowest BCUT2D eigenvalue weighted by Gasteiger charge is -2.04. The Labute approximate surface area is 118 Å². The SMILES string of the molecule is CNS(=O)(=O)Cc1ccc2[nH]cc(CCCCl)c2c1. The number of aromatic amines is 1. The molecular formula is C13H17ClN2O2S. The smallest absolute Gasteiger partial charge is 0.215 e. The molecule has 0 fully saturated rings. The Morgan fingerprint density at radius 1 is 1.37 bits per heavy atom. The lowest BCUT2D eigenvalue weighted by molar-refractivity contribution is 0.587. The van der Waals surface area contributed by atoms with Gasteiger partial charge in [0.25, 0.3) is 0 Å². The van der Waals surface area contributed by atoms with E-state index in [2.05, 4.69) is 9.71 Å². The second kappa shape index (κ2) is 5.94. The molecule has 6 heteroatoms. The predicted molar refractivity (Wildman–Crippen MR) is 79.0 cm³/mol. The summed E-state index contributed by atoms with van der Waals surface area (Å²) < 4.78 is 25.5. The number of hydrogen-bond donors (Lipinski definition) is 2. The number of rotatable bonds is 6. The zero-order valence-corrected chi connectivity index (χ0v) is 12.3. The highest BCUT2D eigenvalue weighted by Crippen LogP contribution is 2.22. The van der Waals surface area contributed by atoms with Gasteiger partial charge in [0.15, 0.2) is 0 Å². The fraction of sp³-hybridized carbons (Fsp3) is 0.385. The van der Waals surface area contributed by atoms with E-state index in [0.29, 0.717) is 5.88 Å². The van der Waals surface area contributed by atoms with E-state index in [1.807, 2.05) is 24.4 Å².